The van der Waals surface area contributed by atoms with Crippen molar-refractivity contribution in [1.29, 1.82) is 0 Å². The fourth-order valence-electron chi connectivity index (χ4n) is 3.91. The summed E-state index contributed by atoms with van der Waals surface area (Å²) in [5.74, 6) is 0.0394. The second kappa shape index (κ2) is 8.10. The Hall–Kier alpha value is -2.38. The van der Waals surface area contributed by atoms with Crippen molar-refractivity contribution in [2.45, 2.75) is 18.4 Å². The van der Waals surface area contributed by atoms with Crippen LogP contribution in [-0.4, -0.2) is 47.3 Å². The van der Waals surface area contributed by atoms with E-state index in [-0.39, 0.29) is 42.1 Å². The number of para-hydroxylation sites is 1. The molecule has 4 rings (SSSR count). The smallest absolute Gasteiger partial charge is 0.229 e. The molecule has 144 valence electrons. The summed E-state index contributed by atoms with van der Waals surface area (Å²) >= 11 is 0. The molecule has 2 saturated heterocycles. The van der Waals surface area contributed by atoms with E-state index < -0.39 is 0 Å². The van der Waals surface area contributed by atoms with Crippen LogP contribution in [0.4, 0.5) is 5.69 Å². The van der Waals surface area contributed by atoms with Gasteiger partial charge in [0.1, 0.15) is 0 Å². The lowest BCUT2D eigenvalue weighted by atomic mass is 9.90. The minimum atomic E-state index is -0.148. The zero-order chi connectivity index (χ0) is 18.1. The first-order valence-corrected chi connectivity index (χ1v) is 8.97. The number of anilines is 1. The maximum absolute atomic E-state index is 12.8. The molecular formula is C19H24ClN5O2. The van der Waals surface area contributed by atoms with Crippen LogP contribution >= 0.6 is 12.4 Å². The molecular weight excluding hydrogens is 366 g/mol. The fourth-order valence-corrected chi connectivity index (χ4v) is 3.91. The minimum absolute atomic E-state index is 0. The van der Waals surface area contributed by atoms with Gasteiger partial charge in [-0.25, -0.2) is 0 Å². The Morgan fingerprint density at radius 1 is 1.26 bits per heavy atom. The Morgan fingerprint density at radius 3 is 2.74 bits per heavy atom. The number of nitrogens with zero attached hydrogens (tertiary/aromatic N) is 3. The molecule has 2 N–H and O–H groups in total. The van der Waals surface area contributed by atoms with Gasteiger partial charge in [-0.2, -0.15) is 5.10 Å². The summed E-state index contributed by atoms with van der Waals surface area (Å²) in [5.41, 5.74) is 1.95. The largest absolute Gasteiger partial charge is 0.351 e. The van der Waals surface area contributed by atoms with Gasteiger partial charge in [-0.15, -0.1) is 12.4 Å². The highest BCUT2D eigenvalue weighted by Gasteiger charge is 2.38. The van der Waals surface area contributed by atoms with Crippen LogP contribution in [0.15, 0.2) is 42.7 Å². The zero-order valence-corrected chi connectivity index (χ0v) is 16.0. The molecule has 8 heteroatoms. The van der Waals surface area contributed by atoms with E-state index in [0.29, 0.717) is 19.5 Å². The number of nitrogens with one attached hydrogen (secondary N) is 2. The molecule has 0 saturated carbocycles. The first-order valence-electron chi connectivity index (χ1n) is 8.97. The van der Waals surface area contributed by atoms with Crippen molar-refractivity contribution < 1.29 is 9.59 Å². The highest BCUT2D eigenvalue weighted by molar-refractivity contribution is 5.97. The van der Waals surface area contributed by atoms with Crippen LogP contribution in [0.2, 0.25) is 0 Å². The summed E-state index contributed by atoms with van der Waals surface area (Å²) in [7, 11) is 1.88. The van der Waals surface area contributed by atoms with E-state index in [0.717, 1.165) is 17.8 Å². The predicted molar refractivity (Wildman–Crippen MR) is 105 cm³/mol. The van der Waals surface area contributed by atoms with Gasteiger partial charge in [0, 0.05) is 50.9 Å². The number of aromatic nitrogens is 2. The lowest BCUT2D eigenvalue weighted by Crippen LogP contribution is -2.42. The summed E-state index contributed by atoms with van der Waals surface area (Å²) in [6.07, 6.45) is 4.14. The van der Waals surface area contributed by atoms with Crippen molar-refractivity contribution >= 4 is 29.9 Å². The predicted octanol–water partition coefficient (Wildman–Crippen LogP) is 1.07. The summed E-state index contributed by atoms with van der Waals surface area (Å²) in [6, 6.07) is 9.44. The van der Waals surface area contributed by atoms with E-state index in [9.17, 15) is 9.59 Å². The van der Waals surface area contributed by atoms with Crippen LogP contribution in [0, 0.1) is 5.92 Å². The van der Waals surface area contributed by atoms with Crippen molar-refractivity contribution in [2.75, 3.05) is 24.5 Å². The van der Waals surface area contributed by atoms with E-state index >= 15 is 0 Å². The standard InChI is InChI=1S/C19H23N5O2.ClH/c1-23-11-13(8-21-23)16-9-20-10-17(16)19(26)22-14-7-18(25)24(12-14)15-5-3-2-4-6-15;/h2-6,8,11,14,16-17,20H,7,9-10,12H2,1H3,(H,22,26);1H/t14?,16-,17+;/m1./s1. The monoisotopic (exact) mass is 389 g/mol. The first kappa shape index (κ1) is 19.4. The number of aryl methyl sites for hydroxylation is 1. The van der Waals surface area contributed by atoms with Crippen molar-refractivity contribution in [3.63, 3.8) is 0 Å². The second-order valence-corrected chi connectivity index (χ2v) is 7.07. The van der Waals surface area contributed by atoms with Crippen molar-refractivity contribution in [1.82, 2.24) is 20.4 Å². The van der Waals surface area contributed by atoms with Gasteiger partial charge in [-0.05, 0) is 17.7 Å². The molecule has 2 fully saturated rings. The third-order valence-corrected chi connectivity index (χ3v) is 5.24. The number of hydrogen-bond donors (Lipinski definition) is 2. The van der Waals surface area contributed by atoms with E-state index in [4.69, 9.17) is 0 Å². The molecule has 0 radical (unpaired) electrons. The lowest BCUT2D eigenvalue weighted by molar-refractivity contribution is -0.125. The number of carbonyl (C=O) groups excluding carboxylic acids is 2. The Balaban J connectivity index is 0.00000210. The van der Waals surface area contributed by atoms with Gasteiger partial charge < -0.3 is 15.5 Å². The molecule has 27 heavy (non-hydrogen) atoms. The van der Waals surface area contributed by atoms with Crippen molar-refractivity contribution in [3.05, 3.63) is 48.3 Å². The molecule has 2 aliphatic heterocycles. The van der Waals surface area contributed by atoms with E-state index in [1.807, 2.05) is 49.8 Å². The lowest BCUT2D eigenvalue weighted by Gasteiger charge is -2.20. The Morgan fingerprint density at radius 2 is 2.04 bits per heavy atom. The van der Waals surface area contributed by atoms with Gasteiger partial charge in [0.2, 0.25) is 11.8 Å². The third kappa shape index (κ3) is 3.99. The molecule has 0 spiro atoms. The number of amides is 2. The fraction of sp³-hybridized carbons (Fsp3) is 0.421. The normalized spacial score (nSPS) is 24.7. The second-order valence-electron chi connectivity index (χ2n) is 7.07. The van der Waals surface area contributed by atoms with Gasteiger partial charge >= 0.3 is 0 Å². The maximum Gasteiger partial charge on any atom is 0.229 e. The third-order valence-electron chi connectivity index (χ3n) is 5.24. The molecule has 1 unspecified atom stereocenters. The quantitative estimate of drug-likeness (QED) is 0.819. The molecule has 1 aromatic carbocycles. The molecule has 0 aliphatic carbocycles. The number of benzene rings is 1. The molecule has 3 heterocycles. The summed E-state index contributed by atoms with van der Waals surface area (Å²) in [5, 5.41) is 10.6. The summed E-state index contributed by atoms with van der Waals surface area (Å²) in [6.45, 7) is 1.93. The van der Waals surface area contributed by atoms with Crippen LogP contribution in [0.1, 0.15) is 17.9 Å². The average Bonchev–Trinajstić information content (AvgIpc) is 3.35. The molecule has 2 aliphatic rings. The van der Waals surface area contributed by atoms with Crippen LogP contribution in [0.5, 0.6) is 0 Å². The molecule has 2 amide bonds. The van der Waals surface area contributed by atoms with Gasteiger partial charge in [0.15, 0.2) is 0 Å². The van der Waals surface area contributed by atoms with Gasteiger partial charge in [0.25, 0.3) is 0 Å². The number of rotatable bonds is 4. The Labute approximate surface area is 164 Å². The van der Waals surface area contributed by atoms with Crippen LogP contribution in [-0.2, 0) is 16.6 Å². The van der Waals surface area contributed by atoms with Crippen molar-refractivity contribution in [2.24, 2.45) is 13.0 Å². The van der Waals surface area contributed by atoms with Crippen molar-refractivity contribution in [3.8, 4) is 0 Å². The Bertz CT molecular complexity index is 809. The highest BCUT2D eigenvalue weighted by Crippen LogP contribution is 2.28. The number of carbonyl (C=O) groups is 2. The minimum Gasteiger partial charge on any atom is -0.351 e. The molecule has 0 bridgehead atoms. The van der Waals surface area contributed by atoms with Gasteiger partial charge in [-0.3, -0.25) is 14.3 Å². The number of halogens is 1. The zero-order valence-electron chi connectivity index (χ0n) is 15.2. The highest BCUT2D eigenvalue weighted by atomic mass is 35.5. The molecule has 2 aromatic rings. The van der Waals surface area contributed by atoms with E-state index in [1.54, 1.807) is 9.58 Å². The van der Waals surface area contributed by atoms with E-state index in [2.05, 4.69) is 15.7 Å². The first-order chi connectivity index (χ1) is 12.6. The average molecular weight is 390 g/mol. The topological polar surface area (TPSA) is 79.3 Å². The molecule has 1 aromatic heterocycles. The van der Waals surface area contributed by atoms with Gasteiger partial charge in [-0.1, -0.05) is 18.2 Å². The van der Waals surface area contributed by atoms with Crippen LogP contribution in [0.3, 0.4) is 0 Å². The summed E-state index contributed by atoms with van der Waals surface area (Å²) < 4.78 is 1.76. The van der Waals surface area contributed by atoms with E-state index in [1.165, 1.54) is 0 Å². The SMILES string of the molecule is Cl.Cn1cc([C@H]2CNC[C@@H]2C(=O)NC2CC(=O)N(c3ccccc3)C2)cn1. The van der Waals surface area contributed by atoms with Crippen LogP contribution in [0.25, 0.3) is 0 Å². The summed E-state index contributed by atoms with van der Waals surface area (Å²) in [4.78, 5) is 26.9. The molecule has 3 atom stereocenters. The molecule has 7 nitrogen and oxygen atoms in total. The van der Waals surface area contributed by atoms with Gasteiger partial charge in [0.05, 0.1) is 18.2 Å². The Kier molecular flexibility index (Phi) is 5.82. The number of hydrogen-bond acceptors (Lipinski definition) is 4. The maximum atomic E-state index is 12.8. The van der Waals surface area contributed by atoms with Crippen LogP contribution < -0.4 is 15.5 Å².